The zero-order valence-corrected chi connectivity index (χ0v) is 9.07. The maximum atomic E-state index is 9.63. The minimum absolute atomic E-state index is 0. The fourth-order valence-corrected chi connectivity index (χ4v) is 0.258. The van der Waals surface area contributed by atoms with E-state index >= 15 is 0 Å². The third-order valence-corrected chi connectivity index (χ3v) is 0.782. The number of rotatable bonds is 3. The number of hydrogen-bond donors (Lipinski definition) is 2. The summed E-state index contributed by atoms with van der Waals surface area (Å²) in [6.07, 6.45) is -4.88. The van der Waals surface area contributed by atoms with E-state index in [1.54, 1.807) is 0 Å². The molecule has 0 saturated heterocycles. The van der Waals surface area contributed by atoms with Crippen LogP contribution in [0.2, 0.25) is 0 Å². The van der Waals surface area contributed by atoms with Crippen LogP contribution in [0.1, 0.15) is 0 Å². The molecule has 0 aromatic rings. The quantitative estimate of drug-likeness (QED) is 0.489. The molecule has 0 aliphatic rings. The Kier molecular flexibility index (Phi) is 6.61. The van der Waals surface area contributed by atoms with Crippen LogP contribution in [-0.4, -0.2) is 61.7 Å². The fourth-order valence-electron chi connectivity index (χ4n) is 0.258. The Hall–Kier alpha value is -0.218. The maximum Gasteiger partial charge on any atom is 2.00 e. The van der Waals surface area contributed by atoms with E-state index in [1.165, 1.54) is 0 Å². The van der Waals surface area contributed by atoms with Crippen molar-refractivity contribution in [1.82, 2.24) is 0 Å². The normalized spacial score (nSPS) is 14.4. The average molecular weight is 355 g/mol. The molecule has 6 nitrogen and oxygen atoms in total. The molecule has 0 aromatic heterocycles. The molecule has 2 atom stereocenters. The summed E-state index contributed by atoms with van der Waals surface area (Å²) in [6, 6.07) is 0. The van der Waals surface area contributed by atoms with Crippen LogP contribution in [0.15, 0.2) is 0 Å². The van der Waals surface area contributed by atoms with E-state index in [9.17, 15) is 19.8 Å². The molecule has 0 saturated carbocycles. The molecule has 0 aliphatic heterocycles. The molecule has 0 unspecified atom stereocenters. The molecule has 2 radical (unpaired) electrons. The van der Waals surface area contributed by atoms with Gasteiger partial charge in [-0.05, 0) is 0 Å². The summed E-state index contributed by atoms with van der Waals surface area (Å²) in [6.45, 7) is 0. The van der Waals surface area contributed by atoms with E-state index < -0.39 is 24.1 Å². The molecule has 2 N–H and O–H groups in total. The van der Waals surface area contributed by atoms with Crippen molar-refractivity contribution >= 4 is 39.2 Å². The summed E-state index contributed by atoms with van der Waals surface area (Å²) in [5.74, 6) is -4.12. The Morgan fingerprint density at radius 3 is 1.27 bits per heavy atom. The van der Waals surface area contributed by atoms with E-state index in [0.29, 0.717) is 0 Å². The van der Waals surface area contributed by atoms with Gasteiger partial charge in [-0.15, -0.1) is 0 Å². The molecule has 0 spiro atoms. The third-order valence-electron chi connectivity index (χ3n) is 0.782. The van der Waals surface area contributed by atoms with E-state index in [4.69, 9.17) is 10.2 Å². The van der Waals surface area contributed by atoms with Crippen molar-refractivity contribution < 1.29 is 30.0 Å². The van der Waals surface area contributed by atoms with Gasteiger partial charge in [-0.3, -0.25) is 0 Å². The molecule has 0 fully saturated rings. The Morgan fingerprint density at radius 1 is 1.00 bits per heavy atom. The topological polar surface area (TPSA) is 121 Å². The molecule has 0 amide bonds. The number of aliphatic hydroxyl groups is 2. The summed E-state index contributed by atoms with van der Waals surface area (Å²) in [7, 11) is 0. The zero-order chi connectivity index (χ0) is 8.31. The second kappa shape index (κ2) is 5.43. The van der Waals surface area contributed by atoms with Crippen molar-refractivity contribution in [3.63, 3.8) is 0 Å². The van der Waals surface area contributed by atoms with Gasteiger partial charge in [0.05, 0.1) is 11.9 Å². The van der Waals surface area contributed by atoms with Gasteiger partial charge in [0.1, 0.15) is 12.2 Å². The van der Waals surface area contributed by atoms with E-state index in [0.717, 1.165) is 0 Å². The molecule has 0 heterocycles. The molecular weight excluding hydrogens is 351 g/mol. The van der Waals surface area contributed by atoms with Gasteiger partial charge in [-0.1, -0.05) is 0 Å². The summed E-state index contributed by atoms with van der Waals surface area (Å²) < 4.78 is 0. The van der Waals surface area contributed by atoms with Gasteiger partial charge in [-0.25, -0.2) is 0 Å². The van der Waals surface area contributed by atoms with Gasteiger partial charge >= 0.3 is 27.3 Å². The summed E-state index contributed by atoms with van der Waals surface area (Å²) in [5.41, 5.74) is 0. The van der Waals surface area contributed by atoms with E-state index in [-0.39, 0.29) is 27.3 Å². The molecule has 0 aliphatic carbocycles. The third kappa shape index (κ3) is 4.27. The van der Waals surface area contributed by atoms with E-state index in [2.05, 4.69) is 0 Å². The van der Waals surface area contributed by atoms with Crippen molar-refractivity contribution in [2.24, 2.45) is 0 Å². The van der Waals surface area contributed by atoms with Crippen molar-refractivity contribution in [2.45, 2.75) is 12.2 Å². The molecule has 11 heavy (non-hydrogen) atoms. The summed E-state index contributed by atoms with van der Waals surface area (Å²) >= 11 is 0. The SMILES string of the molecule is O=C([O-])[C@@H](O)[C@H](O)C(=O)[O-].[Pb+2]. The van der Waals surface area contributed by atoms with E-state index in [1.807, 2.05) is 0 Å². The summed E-state index contributed by atoms with van der Waals surface area (Å²) in [4.78, 5) is 19.3. The zero-order valence-electron chi connectivity index (χ0n) is 5.18. The first-order valence-electron chi connectivity index (χ1n) is 2.24. The Labute approximate surface area is 81.6 Å². The van der Waals surface area contributed by atoms with Gasteiger partial charge < -0.3 is 30.0 Å². The van der Waals surface area contributed by atoms with Crippen LogP contribution in [0.25, 0.3) is 0 Å². The van der Waals surface area contributed by atoms with Crippen molar-refractivity contribution in [3.8, 4) is 0 Å². The van der Waals surface area contributed by atoms with Crippen molar-refractivity contribution in [3.05, 3.63) is 0 Å². The van der Waals surface area contributed by atoms with Gasteiger partial charge in [0.2, 0.25) is 0 Å². The summed E-state index contributed by atoms with van der Waals surface area (Å²) in [5, 5.41) is 35.7. The van der Waals surface area contributed by atoms with Crippen LogP contribution in [0.5, 0.6) is 0 Å². The van der Waals surface area contributed by atoms with Crippen LogP contribution >= 0.6 is 0 Å². The van der Waals surface area contributed by atoms with Crippen LogP contribution in [0.4, 0.5) is 0 Å². The molecule has 0 rings (SSSR count). The Balaban J connectivity index is 0. The number of aliphatic hydroxyl groups excluding tert-OH is 2. The number of aliphatic carboxylic acids is 2. The number of carbonyl (C=O) groups is 2. The van der Waals surface area contributed by atoms with Crippen LogP contribution in [0.3, 0.4) is 0 Å². The molecular formula is C4H4O6Pb. The number of carbonyl (C=O) groups excluding carboxylic acids is 2. The predicted octanol–water partition coefficient (Wildman–Crippen LogP) is -5.17. The average Bonchev–Trinajstić information content (AvgIpc) is 1.84. The fraction of sp³-hybridized carbons (Fsp3) is 0.500. The van der Waals surface area contributed by atoms with Gasteiger partial charge in [0, 0.05) is 0 Å². The molecule has 0 bridgehead atoms. The van der Waals surface area contributed by atoms with Gasteiger partial charge in [0.25, 0.3) is 0 Å². The Bertz CT molecular complexity index is 139. The first-order chi connectivity index (χ1) is 4.46. The second-order valence-corrected chi connectivity index (χ2v) is 1.53. The second-order valence-electron chi connectivity index (χ2n) is 1.53. The first kappa shape index (κ1) is 13.4. The predicted molar refractivity (Wildman–Crippen MR) is 27.8 cm³/mol. The van der Waals surface area contributed by atoms with Crippen molar-refractivity contribution in [2.75, 3.05) is 0 Å². The maximum absolute atomic E-state index is 9.63. The minimum Gasteiger partial charge on any atom is -0.547 e. The van der Waals surface area contributed by atoms with Crippen molar-refractivity contribution in [1.29, 1.82) is 0 Å². The smallest absolute Gasteiger partial charge is 0.547 e. The standard InChI is InChI=1S/C4H6O6.Pb/c5-1(3(7)8)2(6)4(9)10;/h1-2,5-6H,(H,7,8)(H,9,10);/q;+2/p-2/t1-,2-;/m0./s1. The number of hydrogen-bond acceptors (Lipinski definition) is 6. The largest absolute Gasteiger partial charge is 2.00 e. The van der Waals surface area contributed by atoms with Gasteiger partial charge in [-0.2, -0.15) is 0 Å². The first-order valence-corrected chi connectivity index (χ1v) is 2.24. The number of carboxylic acids is 2. The monoisotopic (exact) mass is 356 g/mol. The van der Waals surface area contributed by atoms with Crippen LogP contribution in [-0.2, 0) is 9.59 Å². The minimum atomic E-state index is -2.44. The molecule has 60 valence electrons. The number of carboxylic acid groups (broad SMARTS) is 2. The van der Waals surface area contributed by atoms with Gasteiger partial charge in [0.15, 0.2) is 0 Å². The van der Waals surface area contributed by atoms with Crippen LogP contribution in [0, 0.1) is 0 Å². The molecule has 7 heteroatoms. The molecule has 0 aromatic carbocycles. The Morgan fingerprint density at radius 2 is 1.18 bits per heavy atom. The van der Waals surface area contributed by atoms with Crippen LogP contribution < -0.4 is 10.2 Å².